The molecule has 1 saturated carbocycles. The molecule has 2 nitrogen and oxygen atoms in total. The van der Waals surface area contributed by atoms with E-state index in [0.717, 1.165) is 6.61 Å². The minimum Gasteiger partial charge on any atom is -0.372 e. The molecule has 3 aliphatic rings. The number of hydrogen-bond donors (Lipinski definition) is 0. The van der Waals surface area contributed by atoms with Gasteiger partial charge in [-0.2, -0.15) is 0 Å². The summed E-state index contributed by atoms with van der Waals surface area (Å²) in [6, 6.07) is 0. The SMILES string of the molecule is CC1(C)OCC2OC23CC13. The van der Waals surface area contributed by atoms with Gasteiger partial charge in [0.15, 0.2) is 0 Å². The van der Waals surface area contributed by atoms with Crippen molar-refractivity contribution in [2.45, 2.75) is 37.6 Å². The van der Waals surface area contributed by atoms with Crippen LogP contribution in [0.1, 0.15) is 20.3 Å². The zero-order valence-corrected chi connectivity index (χ0v) is 6.39. The van der Waals surface area contributed by atoms with E-state index in [2.05, 4.69) is 13.8 Å². The van der Waals surface area contributed by atoms with Gasteiger partial charge in [0.1, 0.15) is 11.7 Å². The van der Waals surface area contributed by atoms with Crippen molar-refractivity contribution in [2.24, 2.45) is 5.92 Å². The van der Waals surface area contributed by atoms with Crippen LogP contribution in [0.4, 0.5) is 0 Å². The molecule has 2 saturated heterocycles. The van der Waals surface area contributed by atoms with Crippen LogP contribution < -0.4 is 0 Å². The van der Waals surface area contributed by atoms with Crippen LogP contribution in [0.2, 0.25) is 0 Å². The maximum Gasteiger partial charge on any atom is 0.111 e. The molecule has 0 amide bonds. The number of epoxide rings is 1. The summed E-state index contributed by atoms with van der Waals surface area (Å²) in [4.78, 5) is 0. The van der Waals surface area contributed by atoms with Crippen LogP contribution in [0.15, 0.2) is 0 Å². The second kappa shape index (κ2) is 1.16. The van der Waals surface area contributed by atoms with E-state index in [1.807, 2.05) is 0 Å². The molecule has 3 unspecified atom stereocenters. The van der Waals surface area contributed by atoms with Gasteiger partial charge >= 0.3 is 0 Å². The molecule has 3 fully saturated rings. The van der Waals surface area contributed by atoms with Crippen molar-refractivity contribution in [1.29, 1.82) is 0 Å². The third-order valence-electron chi connectivity index (χ3n) is 3.25. The molecular formula is C8H12O2. The minimum absolute atomic E-state index is 0.0903. The van der Waals surface area contributed by atoms with E-state index < -0.39 is 0 Å². The van der Waals surface area contributed by atoms with E-state index >= 15 is 0 Å². The fraction of sp³-hybridized carbons (Fsp3) is 1.00. The van der Waals surface area contributed by atoms with Crippen LogP contribution in [-0.4, -0.2) is 23.9 Å². The summed E-state index contributed by atoms with van der Waals surface area (Å²) in [5.74, 6) is 0.693. The van der Waals surface area contributed by atoms with Gasteiger partial charge < -0.3 is 9.47 Å². The molecular weight excluding hydrogens is 128 g/mol. The maximum atomic E-state index is 5.64. The largest absolute Gasteiger partial charge is 0.372 e. The van der Waals surface area contributed by atoms with E-state index in [1.165, 1.54) is 6.42 Å². The predicted octanol–water partition coefficient (Wildman–Crippen LogP) is 0.953. The van der Waals surface area contributed by atoms with Gasteiger partial charge in [-0.05, 0) is 20.3 Å². The minimum atomic E-state index is 0.0903. The first-order valence-electron chi connectivity index (χ1n) is 3.97. The molecule has 56 valence electrons. The van der Waals surface area contributed by atoms with Gasteiger partial charge in [-0.1, -0.05) is 0 Å². The van der Waals surface area contributed by atoms with Gasteiger partial charge in [-0.25, -0.2) is 0 Å². The number of hydrogen-bond acceptors (Lipinski definition) is 2. The average Bonchev–Trinajstić information content (AvgIpc) is 2.66. The van der Waals surface area contributed by atoms with E-state index in [9.17, 15) is 0 Å². The summed E-state index contributed by atoms with van der Waals surface area (Å²) in [5.41, 5.74) is 0.411. The lowest BCUT2D eigenvalue weighted by atomic mass is 9.98. The Balaban J connectivity index is 1.94. The Hall–Kier alpha value is -0.0800. The lowest BCUT2D eigenvalue weighted by molar-refractivity contribution is -0.0489. The standard InChI is InChI=1S/C8H12O2/c1-7(2)5-3-8(5)6(10-8)4-9-7/h5-6H,3-4H2,1-2H3. The van der Waals surface area contributed by atoms with Crippen molar-refractivity contribution in [1.82, 2.24) is 0 Å². The third-order valence-corrected chi connectivity index (χ3v) is 3.25. The first kappa shape index (κ1) is 5.56. The molecule has 0 aromatic carbocycles. The maximum absolute atomic E-state index is 5.64. The molecule has 2 aliphatic heterocycles. The normalized spacial score (nSPS) is 60.6. The summed E-state index contributed by atoms with van der Waals surface area (Å²) < 4.78 is 11.2. The molecule has 2 heteroatoms. The van der Waals surface area contributed by atoms with Gasteiger partial charge in [-0.3, -0.25) is 0 Å². The number of rotatable bonds is 0. The summed E-state index contributed by atoms with van der Waals surface area (Å²) >= 11 is 0. The highest BCUT2D eigenvalue weighted by atomic mass is 16.7. The topological polar surface area (TPSA) is 21.8 Å². The average molecular weight is 140 g/mol. The van der Waals surface area contributed by atoms with Crippen molar-refractivity contribution in [3.05, 3.63) is 0 Å². The molecule has 0 bridgehead atoms. The molecule has 0 aromatic heterocycles. The van der Waals surface area contributed by atoms with Crippen molar-refractivity contribution in [3.8, 4) is 0 Å². The molecule has 2 heterocycles. The van der Waals surface area contributed by atoms with Gasteiger partial charge in [-0.15, -0.1) is 0 Å². The van der Waals surface area contributed by atoms with E-state index in [4.69, 9.17) is 9.47 Å². The van der Waals surface area contributed by atoms with Crippen LogP contribution in [0.3, 0.4) is 0 Å². The Morgan fingerprint density at radius 2 is 2.20 bits per heavy atom. The molecule has 3 rings (SSSR count). The van der Waals surface area contributed by atoms with Gasteiger partial charge in [0, 0.05) is 5.92 Å². The number of ether oxygens (including phenoxy) is 2. The highest BCUT2D eigenvalue weighted by Crippen LogP contribution is 2.68. The fourth-order valence-electron chi connectivity index (χ4n) is 2.38. The van der Waals surface area contributed by atoms with Gasteiger partial charge in [0.2, 0.25) is 0 Å². The Kier molecular flexibility index (Phi) is 0.647. The summed E-state index contributed by atoms with van der Waals surface area (Å²) in [6.07, 6.45) is 1.70. The molecule has 0 N–H and O–H groups in total. The predicted molar refractivity (Wildman–Crippen MR) is 35.7 cm³/mol. The molecule has 3 atom stereocenters. The Labute approximate surface area is 60.5 Å². The zero-order valence-electron chi connectivity index (χ0n) is 6.39. The first-order chi connectivity index (χ1) is 4.65. The fourth-order valence-corrected chi connectivity index (χ4v) is 2.38. The second-order valence-electron chi connectivity index (χ2n) is 4.23. The van der Waals surface area contributed by atoms with Crippen LogP contribution in [-0.2, 0) is 9.47 Å². The highest BCUT2D eigenvalue weighted by Gasteiger charge is 2.79. The van der Waals surface area contributed by atoms with Crippen molar-refractivity contribution >= 4 is 0 Å². The monoisotopic (exact) mass is 140 g/mol. The smallest absolute Gasteiger partial charge is 0.111 e. The summed E-state index contributed by atoms with van der Waals surface area (Å²) in [6.45, 7) is 5.16. The van der Waals surface area contributed by atoms with E-state index in [-0.39, 0.29) is 5.60 Å². The lowest BCUT2D eigenvalue weighted by Crippen LogP contribution is -2.35. The summed E-state index contributed by atoms with van der Waals surface area (Å²) in [7, 11) is 0. The zero-order chi connectivity index (χ0) is 6.98. The van der Waals surface area contributed by atoms with Crippen LogP contribution in [0, 0.1) is 5.92 Å². The van der Waals surface area contributed by atoms with Gasteiger partial charge in [0.05, 0.1) is 12.2 Å². The van der Waals surface area contributed by atoms with Gasteiger partial charge in [0.25, 0.3) is 0 Å². The van der Waals surface area contributed by atoms with Crippen molar-refractivity contribution in [2.75, 3.05) is 6.61 Å². The second-order valence-corrected chi connectivity index (χ2v) is 4.23. The van der Waals surface area contributed by atoms with Crippen LogP contribution in [0.5, 0.6) is 0 Å². The van der Waals surface area contributed by atoms with E-state index in [1.54, 1.807) is 0 Å². The third kappa shape index (κ3) is 0.424. The Morgan fingerprint density at radius 1 is 1.40 bits per heavy atom. The van der Waals surface area contributed by atoms with Crippen molar-refractivity contribution in [3.63, 3.8) is 0 Å². The Bertz CT molecular complexity index is 199. The molecule has 1 aliphatic carbocycles. The Morgan fingerprint density at radius 3 is 2.90 bits per heavy atom. The summed E-state index contributed by atoms with van der Waals surface area (Å²) in [5, 5.41) is 0. The molecule has 1 spiro atoms. The first-order valence-corrected chi connectivity index (χ1v) is 3.97. The molecule has 0 aromatic rings. The van der Waals surface area contributed by atoms with E-state index in [0.29, 0.717) is 17.6 Å². The van der Waals surface area contributed by atoms with Crippen LogP contribution in [0.25, 0.3) is 0 Å². The lowest BCUT2D eigenvalue weighted by Gasteiger charge is -2.27. The quantitative estimate of drug-likeness (QED) is 0.467. The molecule has 0 radical (unpaired) electrons. The highest BCUT2D eigenvalue weighted by molar-refractivity contribution is 5.27. The molecule has 10 heavy (non-hydrogen) atoms. The van der Waals surface area contributed by atoms with Crippen LogP contribution >= 0.6 is 0 Å². The van der Waals surface area contributed by atoms with Crippen molar-refractivity contribution < 1.29 is 9.47 Å².